The van der Waals surface area contributed by atoms with Crippen LogP contribution >= 0.6 is 11.6 Å². The molecule has 3 aromatic rings. The van der Waals surface area contributed by atoms with E-state index in [-0.39, 0.29) is 11.7 Å². The van der Waals surface area contributed by atoms with Crippen molar-refractivity contribution in [1.29, 1.82) is 0 Å². The second-order valence-electron chi connectivity index (χ2n) is 4.53. The van der Waals surface area contributed by atoms with Gasteiger partial charge in [-0.3, -0.25) is 4.57 Å². The Morgan fingerprint density at radius 1 is 1.24 bits per heavy atom. The molecule has 0 atom stereocenters. The molecule has 108 valence electrons. The molecule has 0 N–H and O–H groups in total. The third-order valence-corrected chi connectivity index (χ3v) is 3.45. The van der Waals surface area contributed by atoms with Crippen LogP contribution in [0.15, 0.2) is 42.5 Å². The molecule has 0 bridgehead atoms. The maximum Gasteiger partial charge on any atom is 0.143 e. The lowest BCUT2D eigenvalue weighted by Crippen LogP contribution is -2.03. The number of ether oxygens (including phenoxy) is 1. The van der Waals surface area contributed by atoms with Crippen LogP contribution in [-0.4, -0.2) is 16.2 Å². The number of alkyl halides is 1. The molecule has 2 aromatic carbocycles. The third kappa shape index (κ3) is 2.47. The molecule has 0 unspecified atom stereocenters. The molecule has 0 saturated carbocycles. The van der Waals surface area contributed by atoms with E-state index in [0.717, 1.165) is 17.0 Å². The summed E-state index contributed by atoms with van der Waals surface area (Å²) in [5.41, 5.74) is 2.24. The molecule has 3 rings (SSSR count). The summed E-state index contributed by atoms with van der Waals surface area (Å²) in [6, 6.07) is 12.2. The first-order valence-electron chi connectivity index (χ1n) is 6.69. The van der Waals surface area contributed by atoms with Crippen LogP contribution in [0.25, 0.3) is 16.7 Å². The van der Waals surface area contributed by atoms with Crippen LogP contribution in [0.3, 0.4) is 0 Å². The van der Waals surface area contributed by atoms with Crippen LogP contribution in [0.2, 0.25) is 0 Å². The Morgan fingerprint density at radius 2 is 2.05 bits per heavy atom. The summed E-state index contributed by atoms with van der Waals surface area (Å²) in [5.74, 6) is 1.32. The summed E-state index contributed by atoms with van der Waals surface area (Å²) < 4.78 is 21.0. The topological polar surface area (TPSA) is 27.1 Å². The number of imidazole rings is 1. The number of hydrogen-bond donors (Lipinski definition) is 0. The number of benzene rings is 2. The van der Waals surface area contributed by atoms with Crippen LogP contribution in [0, 0.1) is 5.82 Å². The predicted octanol–water partition coefficient (Wildman–Crippen LogP) is 4.30. The predicted molar refractivity (Wildman–Crippen MR) is 81.8 cm³/mol. The molecule has 3 nitrogen and oxygen atoms in total. The van der Waals surface area contributed by atoms with Crippen molar-refractivity contribution in [2.24, 2.45) is 0 Å². The lowest BCUT2D eigenvalue weighted by atomic mass is 10.2. The van der Waals surface area contributed by atoms with Crippen LogP contribution in [-0.2, 0) is 5.88 Å². The summed E-state index contributed by atoms with van der Waals surface area (Å²) in [4.78, 5) is 4.41. The molecule has 5 heteroatoms. The number of rotatable bonds is 4. The second kappa shape index (κ2) is 5.74. The Labute approximate surface area is 126 Å². The van der Waals surface area contributed by atoms with Gasteiger partial charge in [0.25, 0.3) is 0 Å². The third-order valence-electron chi connectivity index (χ3n) is 3.21. The maximum atomic E-state index is 13.4. The zero-order valence-electron chi connectivity index (χ0n) is 11.5. The highest BCUT2D eigenvalue weighted by Crippen LogP contribution is 2.29. The molecule has 0 saturated heterocycles. The van der Waals surface area contributed by atoms with Gasteiger partial charge in [0.15, 0.2) is 0 Å². The minimum atomic E-state index is -0.314. The van der Waals surface area contributed by atoms with Gasteiger partial charge < -0.3 is 4.74 Å². The molecular weight excluding hydrogens is 291 g/mol. The first kappa shape index (κ1) is 13.9. The molecule has 0 spiro atoms. The highest BCUT2D eigenvalue weighted by Gasteiger charge is 2.15. The summed E-state index contributed by atoms with van der Waals surface area (Å²) in [7, 11) is 0. The molecule has 0 radical (unpaired) electrons. The van der Waals surface area contributed by atoms with Crippen molar-refractivity contribution in [1.82, 2.24) is 9.55 Å². The first-order chi connectivity index (χ1) is 10.2. The average Bonchev–Trinajstić information content (AvgIpc) is 2.85. The minimum absolute atomic E-state index is 0.233. The van der Waals surface area contributed by atoms with E-state index in [9.17, 15) is 4.39 Å². The Balaban J connectivity index is 2.29. The van der Waals surface area contributed by atoms with Crippen molar-refractivity contribution in [3.63, 3.8) is 0 Å². The largest absolute Gasteiger partial charge is 0.492 e. The lowest BCUT2D eigenvalue weighted by molar-refractivity contribution is 0.339. The summed E-state index contributed by atoms with van der Waals surface area (Å²) in [5, 5.41) is 0. The molecule has 0 aliphatic rings. The Bertz CT molecular complexity index is 785. The number of halogens is 2. The normalized spacial score (nSPS) is 11.0. The van der Waals surface area contributed by atoms with Crippen LogP contribution < -0.4 is 4.74 Å². The van der Waals surface area contributed by atoms with Gasteiger partial charge >= 0.3 is 0 Å². The Morgan fingerprint density at radius 3 is 2.81 bits per heavy atom. The number of fused-ring (bicyclic) bond motifs is 1. The molecule has 0 amide bonds. The van der Waals surface area contributed by atoms with E-state index < -0.39 is 0 Å². The fourth-order valence-corrected chi connectivity index (χ4v) is 2.56. The zero-order valence-corrected chi connectivity index (χ0v) is 12.3. The quantitative estimate of drug-likeness (QED) is 0.672. The van der Waals surface area contributed by atoms with E-state index in [4.69, 9.17) is 16.3 Å². The SMILES string of the molecule is CCOc1ccccc1-n1c(CCl)nc2cc(F)ccc21. The number of hydrogen-bond acceptors (Lipinski definition) is 2. The molecule has 21 heavy (non-hydrogen) atoms. The van der Waals surface area contributed by atoms with Crippen LogP contribution in [0.1, 0.15) is 12.7 Å². The van der Waals surface area contributed by atoms with Gasteiger partial charge in [-0.15, -0.1) is 11.6 Å². The summed E-state index contributed by atoms with van der Waals surface area (Å²) >= 11 is 6.00. The first-order valence-corrected chi connectivity index (χ1v) is 7.23. The summed E-state index contributed by atoms with van der Waals surface area (Å²) in [6.45, 7) is 2.50. The van der Waals surface area contributed by atoms with Crippen molar-refractivity contribution in [2.75, 3.05) is 6.61 Å². The Hall–Kier alpha value is -2.07. The maximum absolute atomic E-state index is 13.4. The van der Waals surface area contributed by atoms with Crippen molar-refractivity contribution in [3.8, 4) is 11.4 Å². The lowest BCUT2D eigenvalue weighted by Gasteiger charge is -2.13. The second-order valence-corrected chi connectivity index (χ2v) is 4.80. The van der Waals surface area contributed by atoms with Crippen molar-refractivity contribution >= 4 is 22.6 Å². The average molecular weight is 305 g/mol. The van der Waals surface area contributed by atoms with Gasteiger partial charge in [0.1, 0.15) is 17.4 Å². The van der Waals surface area contributed by atoms with Gasteiger partial charge in [-0.25, -0.2) is 9.37 Å². The van der Waals surface area contributed by atoms with E-state index in [1.807, 2.05) is 35.8 Å². The smallest absolute Gasteiger partial charge is 0.143 e. The highest BCUT2D eigenvalue weighted by molar-refractivity contribution is 6.17. The van der Waals surface area contributed by atoms with E-state index >= 15 is 0 Å². The van der Waals surface area contributed by atoms with Gasteiger partial charge in [-0.05, 0) is 31.2 Å². The van der Waals surface area contributed by atoms with Crippen LogP contribution in [0.5, 0.6) is 5.75 Å². The van der Waals surface area contributed by atoms with E-state index in [1.54, 1.807) is 6.07 Å². The highest BCUT2D eigenvalue weighted by atomic mass is 35.5. The van der Waals surface area contributed by atoms with Gasteiger partial charge in [-0.1, -0.05) is 12.1 Å². The monoisotopic (exact) mass is 304 g/mol. The molecule has 0 aliphatic heterocycles. The van der Waals surface area contributed by atoms with Crippen molar-refractivity contribution in [2.45, 2.75) is 12.8 Å². The zero-order chi connectivity index (χ0) is 14.8. The van der Waals surface area contributed by atoms with Gasteiger partial charge in [0.2, 0.25) is 0 Å². The molecule has 0 fully saturated rings. The van der Waals surface area contributed by atoms with E-state index in [2.05, 4.69) is 4.98 Å². The number of para-hydroxylation sites is 2. The molecular formula is C16H14ClFN2O. The molecule has 0 aliphatic carbocycles. The number of nitrogens with zero attached hydrogens (tertiary/aromatic N) is 2. The Kier molecular flexibility index (Phi) is 3.80. The van der Waals surface area contributed by atoms with Gasteiger partial charge in [-0.2, -0.15) is 0 Å². The van der Waals surface area contributed by atoms with Crippen LogP contribution in [0.4, 0.5) is 4.39 Å². The number of aromatic nitrogens is 2. The van der Waals surface area contributed by atoms with E-state index in [1.165, 1.54) is 12.1 Å². The minimum Gasteiger partial charge on any atom is -0.492 e. The van der Waals surface area contributed by atoms with Crippen molar-refractivity contribution < 1.29 is 9.13 Å². The van der Waals surface area contributed by atoms with E-state index in [0.29, 0.717) is 17.9 Å². The standard InChI is InChI=1S/C16H14ClFN2O/c1-2-21-15-6-4-3-5-14(15)20-13-8-7-11(18)9-12(13)19-16(20)10-17/h3-9H,2,10H2,1H3. The molecule has 1 heterocycles. The van der Waals surface area contributed by atoms with Gasteiger partial charge in [0, 0.05) is 6.07 Å². The summed E-state index contributed by atoms with van der Waals surface area (Å²) in [6.07, 6.45) is 0. The fourth-order valence-electron chi connectivity index (χ4n) is 2.38. The van der Waals surface area contributed by atoms with Crippen molar-refractivity contribution in [3.05, 3.63) is 54.1 Å². The fraction of sp³-hybridized carbons (Fsp3) is 0.188. The van der Waals surface area contributed by atoms with Gasteiger partial charge in [0.05, 0.1) is 29.2 Å². The molecule has 1 aromatic heterocycles.